The number of tetrazole rings is 1. The third-order valence-corrected chi connectivity index (χ3v) is 8.59. The highest BCUT2D eigenvalue weighted by Crippen LogP contribution is 2.38. The lowest BCUT2D eigenvalue weighted by Crippen LogP contribution is -2.49. The van der Waals surface area contributed by atoms with Gasteiger partial charge < -0.3 is 14.4 Å². The number of amides is 1. The van der Waals surface area contributed by atoms with Gasteiger partial charge in [0.05, 0.1) is 17.9 Å². The van der Waals surface area contributed by atoms with Gasteiger partial charge in [0.15, 0.2) is 0 Å². The molecule has 10 heteroatoms. The molecule has 2 saturated heterocycles. The molecule has 2 aliphatic heterocycles. The molecule has 2 aliphatic rings. The molecule has 0 spiro atoms. The third-order valence-electron chi connectivity index (χ3n) is 7.60. The molecule has 4 aromatic rings. The van der Waals surface area contributed by atoms with E-state index in [4.69, 9.17) is 9.47 Å². The van der Waals surface area contributed by atoms with Crippen LogP contribution in [-0.4, -0.2) is 61.8 Å². The average molecular weight is 570 g/mol. The minimum Gasteiger partial charge on any atom is -0.490 e. The van der Waals surface area contributed by atoms with Crippen molar-refractivity contribution in [2.45, 2.75) is 61.7 Å². The highest BCUT2D eigenvalue weighted by Gasteiger charge is 2.44. The van der Waals surface area contributed by atoms with Gasteiger partial charge in [-0.1, -0.05) is 42.1 Å². The number of ether oxygens (including phenoxy) is 2. The Morgan fingerprint density at radius 1 is 0.902 bits per heavy atom. The number of hydrogen-bond donors (Lipinski definition) is 0. The fourth-order valence-corrected chi connectivity index (χ4v) is 6.52. The molecule has 2 bridgehead atoms. The average Bonchev–Trinajstić information content (AvgIpc) is 3.58. The van der Waals surface area contributed by atoms with Crippen molar-refractivity contribution >= 4 is 23.6 Å². The predicted octanol–water partition coefficient (Wildman–Crippen LogP) is 5.35. The maximum atomic E-state index is 13.5. The van der Waals surface area contributed by atoms with Gasteiger partial charge in [0.2, 0.25) is 5.16 Å². The SMILES string of the molecule is CCOC(=O)c1ccc(OC2C[C@H]3CC[C@@H](C2)N3C(=O)c2ccc(CSc3nnnn3-c3ccccc3)cc2)cc1. The molecule has 210 valence electrons. The Balaban J connectivity index is 1.04. The summed E-state index contributed by atoms with van der Waals surface area (Å²) in [6.45, 7) is 2.13. The number of thioether (sulfide) groups is 1. The maximum absolute atomic E-state index is 13.5. The summed E-state index contributed by atoms with van der Waals surface area (Å²) in [5, 5.41) is 12.8. The number of carbonyl (C=O) groups excluding carboxylic acids is 2. The molecule has 41 heavy (non-hydrogen) atoms. The molecule has 1 amide bonds. The summed E-state index contributed by atoms with van der Waals surface area (Å²) in [4.78, 5) is 27.5. The normalized spacial score (nSPS) is 19.6. The summed E-state index contributed by atoms with van der Waals surface area (Å²) in [6, 6.07) is 25.1. The van der Waals surface area contributed by atoms with Gasteiger partial charge in [-0.15, -0.1) is 5.10 Å². The molecular weight excluding hydrogens is 538 g/mol. The Morgan fingerprint density at radius 3 is 2.27 bits per heavy atom. The Bertz CT molecular complexity index is 1480. The van der Waals surface area contributed by atoms with Crippen LogP contribution in [0.1, 0.15) is 58.9 Å². The van der Waals surface area contributed by atoms with Gasteiger partial charge in [0.25, 0.3) is 5.91 Å². The van der Waals surface area contributed by atoms with Gasteiger partial charge in [-0.05, 0) is 84.3 Å². The zero-order valence-corrected chi connectivity index (χ0v) is 23.6. The molecule has 2 fully saturated rings. The topological polar surface area (TPSA) is 99.4 Å². The highest BCUT2D eigenvalue weighted by molar-refractivity contribution is 7.98. The summed E-state index contributed by atoms with van der Waals surface area (Å²) in [6.07, 6.45) is 3.61. The summed E-state index contributed by atoms with van der Waals surface area (Å²) in [7, 11) is 0. The van der Waals surface area contributed by atoms with Crippen LogP contribution in [0.2, 0.25) is 0 Å². The molecule has 0 N–H and O–H groups in total. The number of nitrogens with zero attached hydrogens (tertiary/aromatic N) is 5. The van der Waals surface area contributed by atoms with Gasteiger partial charge in [0, 0.05) is 36.2 Å². The number of benzene rings is 3. The number of hydrogen-bond acceptors (Lipinski definition) is 8. The Hall–Kier alpha value is -4.18. The van der Waals surface area contributed by atoms with E-state index in [1.54, 1.807) is 35.5 Å². The first-order chi connectivity index (χ1) is 20.1. The summed E-state index contributed by atoms with van der Waals surface area (Å²) in [5.74, 6) is 1.17. The van der Waals surface area contributed by atoms with E-state index in [1.807, 2.05) is 66.7 Å². The number of fused-ring (bicyclic) bond motifs is 2. The summed E-state index contributed by atoms with van der Waals surface area (Å²) in [5.41, 5.74) is 3.23. The Morgan fingerprint density at radius 2 is 1.59 bits per heavy atom. The first-order valence-electron chi connectivity index (χ1n) is 13.9. The maximum Gasteiger partial charge on any atom is 0.338 e. The van der Waals surface area contributed by atoms with Crippen LogP contribution in [0, 0.1) is 0 Å². The van der Waals surface area contributed by atoms with E-state index < -0.39 is 0 Å². The van der Waals surface area contributed by atoms with Crippen molar-refractivity contribution in [1.29, 1.82) is 0 Å². The summed E-state index contributed by atoms with van der Waals surface area (Å²) >= 11 is 1.55. The van der Waals surface area contributed by atoms with Crippen LogP contribution in [0.4, 0.5) is 0 Å². The molecule has 0 radical (unpaired) electrons. The van der Waals surface area contributed by atoms with Gasteiger partial charge in [-0.2, -0.15) is 4.68 Å². The first-order valence-corrected chi connectivity index (χ1v) is 14.9. The van der Waals surface area contributed by atoms with E-state index in [0.717, 1.165) is 42.7 Å². The van der Waals surface area contributed by atoms with Crippen molar-refractivity contribution in [2.24, 2.45) is 0 Å². The van der Waals surface area contributed by atoms with Crippen molar-refractivity contribution in [3.8, 4) is 11.4 Å². The minimum atomic E-state index is -0.333. The molecule has 0 aliphatic carbocycles. The van der Waals surface area contributed by atoms with Gasteiger partial charge in [-0.25, -0.2) is 4.79 Å². The van der Waals surface area contributed by atoms with Crippen molar-refractivity contribution in [2.75, 3.05) is 6.61 Å². The van der Waals surface area contributed by atoms with Crippen LogP contribution in [-0.2, 0) is 10.5 Å². The lowest BCUT2D eigenvalue weighted by atomic mass is 9.98. The first kappa shape index (κ1) is 27.0. The number of piperidine rings is 1. The molecule has 1 unspecified atom stereocenters. The zero-order chi connectivity index (χ0) is 28.2. The van der Waals surface area contributed by atoms with E-state index >= 15 is 0 Å². The third kappa shape index (κ3) is 5.97. The lowest BCUT2D eigenvalue weighted by molar-refractivity contribution is 0.0359. The van der Waals surface area contributed by atoms with Crippen LogP contribution in [0.25, 0.3) is 5.69 Å². The lowest BCUT2D eigenvalue weighted by Gasteiger charge is -2.39. The van der Waals surface area contributed by atoms with Crippen LogP contribution >= 0.6 is 11.8 Å². The van der Waals surface area contributed by atoms with Crippen molar-refractivity contribution in [1.82, 2.24) is 25.1 Å². The smallest absolute Gasteiger partial charge is 0.338 e. The second kappa shape index (κ2) is 12.1. The number of esters is 1. The van der Waals surface area contributed by atoms with E-state index in [2.05, 4.69) is 20.4 Å². The Kier molecular flexibility index (Phi) is 8.00. The fourth-order valence-electron chi connectivity index (χ4n) is 5.67. The number of aromatic nitrogens is 4. The second-order valence-electron chi connectivity index (χ2n) is 10.2. The van der Waals surface area contributed by atoms with Crippen molar-refractivity contribution in [3.05, 3.63) is 95.6 Å². The van der Waals surface area contributed by atoms with Crippen LogP contribution in [0.3, 0.4) is 0 Å². The van der Waals surface area contributed by atoms with Gasteiger partial charge in [0.1, 0.15) is 11.9 Å². The standard InChI is InChI=1S/C31H31N5O4S/c1-2-39-30(38)23-12-16-27(17-13-23)40-28-18-25-14-15-26(19-28)35(25)29(37)22-10-8-21(9-11-22)20-41-31-32-33-34-36(31)24-6-4-3-5-7-24/h3-13,16-17,25-26,28H,2,14-15,18-20H2,1H3/t25-,26+,28?. The largest absolute Gasteiger partial charge is 0.490 e. The summed E-state index contributed by atoms with van der Waals surface area (Å²) < 4.78 is 13.0. The number of para-hydroxylation sites is 1. The molecule has 0 saturated carbocycles. The van der Waals surface area contributed by atoms with Gasteiger partial charge in [-0.3, -0.25) is 4.79 Å². The van der Waals surface area contributed by atoms with Crippen LogP contribution < -0.4 is 4.74 Å². The predicted molar refractivity (Wildman–Crippen MR) is 154 cm³/mol. The number of rotatable bonds is 9. The van der Waals surface area contributed by atoms with E-state index in [9.17, 15) is 9.59 Å². The molecule has 3 atom stereocenters. The van der Waals surface area contributed by atoms with Gasteiger partial charge >= 0.3 is 5.97 Å². The molecule has 6 rings (SSSR count). The molecule has 9 nitrogen and oxygen atoms in total. The Labute approximate surface area is 242 Å². The fraction of sp³-hybridized carbons (Fsp3) is 0.323. The van der Waals surface area contributed by atoms with Crippen molar-refractivity contribution < 1.29 is 19.1 Å². The van der Waals surface area contributed by atoms with Crippen LogP contribution in [0.15, 0.2) is 84.0 Å². The van der Waals surface area contributed by atoms with Crippen molar-refractivity contribution in [3.63, 3.8) is 0 Å². The zero-order valence-electron chi connectivity index (χ0n) is 22.8. The molecular formula is C31H31N5O4S. The van der Waals surface area contributed by atoms with E-state index in [0.29, 0.717) is 28.6 Å². The molecule has 3 aromatic carbocycles. The quantitative estimate of drug-likeness (QED) is 0.197. The monoisotopic (exact) mass is 569 g/mol. The minimum absolute atomic E-state index is 0.0387. The van der Waals surface area contributed by atoms with Crippen LogP contribution in [0.5, 0.6) is 5.75 Å². The van der Waals surface area contributed by atoms with E-state index in [-0.39, 0.29) is 30.1 Å². The second-order valence-corrected chi connectivity index (χ2v) is 11.2. The van der Waals surface area contributed by atoms with E-state index in [1.165, 1.54) is 0 Å². The highest BCUT2D eigenvalue weighted by atomic mass is 32.2. The number of carbonyl (C=O) groups is 2. The molecule has 3 heterocycles. The molecule has 1 aromatic heterocycles.